The molecule has 150 valence electrons. The van der Waals surface area contributed by atoms with E-state index in [1.54, 1.807) is 14.2 Å². The number of carbonyl (C=O) groups is 1. The van der Waals surface area contributed by atoms with E-state index in [0.717, 1.165) is 24.8 Å². The highest BCUT2D eigenvalue weighted by molar-refractivity contribution is 5.78. The van der Waals surface area contributed by atoms with Crippen molar-refractivity contribution < 1.29 is 14.3 Å². The second-order valence-corrected chi connectivity index (χ2v) is 7.42. The van der Waals surface area contributed by atoms with Crippen LogP contribution in [0.4, 0.5) is 0 Å². The Hall–Kier alpha value is -2.53. The quantitative estimate of drug-likeness (QED) is 0.702. The molecule has 0 bridgehead atoms. The van der Waals surface area contributed by atoms with Gasteiger partial charge >= 0.3 is 0 Å². The number of hydrogen-bond donors (Lipinski definition) is 0. The number of rotatable bonds is 8. The molecule has 0 unspecified atom stereocenters. The number of benzene rings is 2. The number of nitrogens with zero attached hydrogens (tertiary/aromatic N) is 2. The van der Waals surface area contributed by atoms with Crippen LogP contribution in [0.3, 0.4) is 0 Å². The van der Waals surface area contributed by atoms with Crippen LogP contribution in [0.15, 0.2) is 42.5 Å². The Morgan fingerprint density at radius 2 is 1.82 bits per heavy atom. The average Bonchev–Trinajstić information content (AvgIpc) is 3.15. The van der Waals surface area contributed by atoms with Gasteiger partial charge in [0.05, 0.1) is 20.8 Å². The van der Waals surface area contributed by atoms with Crippen LogP contribution in [0, 0.1) is 0 Å². The zero-order valence-electron chi connectivity index (χ0n) is 17.3. The summed E-state index contributed by atoms with van der Waals surface area (Å²) < 4.78 is 10.6. The summed E-state index contributed by atoms with van der Waals surface area (Å²) >= 11 is 0. The minimum atomic E-state index is 0.146. The fourth-order valence-electron chi connectivity index (χ4n) is 3.89. The van der Waals surface area contributed by atoms with Crippen molar-refractivity contribution in [2.24, 2.45) is 0 Å². The molecule has 28 heavy (non-hydrogen) atoms. The number of amides is 1. The lowest BCUT2D eigenvalue weighted by Gasteiger charge is -2.27. The van der Waals surface area contributed by atoms with Gasteiger partial charge in [-0.2, -0.15) is 0 Å². The summed E-state index contributed by atoms with van der Waals surface area (Å²) in [6, 6.07) is 14.8. The Kier molecular flexibility index (Phi) is 6.57. The van der Waals surface area contributed by atoms with E-state index in [1.807, 2.05) is 37.2 Å². The molecule has 1 amide bonds. The van der Waals surface area contributed by atoms with Crippen molar-refractivity contribution in [1.82, 2.24) is 9.80 Å². The maximum atomic E-state index is 12.7. The molecule has 0 heterocycles. The molecule has 1 aliphatic carbocycles. The molecule has 0 aliphatic heterocycles. The number of methoxy groups -OCH3 is 2. The Morgan fingerprint density at radius 3 is 2.57 bits per heavy atom. The lowest BCUT2D eigenvalue weighted by Crippen LogP contribution is -2.38. The third kappa shape index (κ3) is 4.47. The van der Waals surface area contributed by atoms with Crippen molar-refractivity contribution in [3.05, 3.63) is 59.2 Å². The van der Waals surface area contributed by atoms with Crippen LogP contribution in [-0.4, -0.2) is 57.1 Å². The second-order valence-electron chi connectivity index (χ2n) is 7.42. The first-order valence-electron chi connectivity index (χ1n) is 9.76. The summed E-state index contributed by atoms with van der Waals surface area (Å²) in [5, 5.41) is 0. The summed E-state index contributed by atoms with van der Waals surface area (Å²) in [4.78, 5) is 16.7. The van der Waals surface area contributed by atoms with Gasteiger partial charge in [-0.1, -0.05) is 30.3 Å². The standard InChI is InChI=1S/C23H30N2O3/c1-24(14-13-17-9-12-21(27-3)22(15-17)28-4)23(26)16-25(2)20-11-10-18-7-5-6-8-19(18)20/h5-9,12,15,20H,10-11,13-14,16H2,1-4H3/t20-/m0/s1. The molecule has 0 saturated heterocycles. The molecule has 0 radical (unpaired) electrons. The number of hydrogen-bond acceptors (Lipinski definition) is 4. The van der Waals surface area contributed by atoms with E-state index in [-0.39, 0.29) is 5.91 Å². The van der Waals surface area contributed by atoms with Crippen molar-refractivity contribution in [2.75, 3.05) is 41.4 Å². The summed E-state index contributed by atoms with van der Waals surface area (Å²) in [6.07, 6.45) is 2.95. The highest BCUT2D eigenvalue weighted by Crippen LogP contribution is 2.34. The Balaban J connectivity index is 1.54. The van der Waals surface area contributed by atoms with Crippen LogP contribution >= 0.6 is 0 Å². The first-order valence-corrected chi connectivity index (χ1v) is 9.76. The van der Waals surface area contributed by atoms with Crippen LogP contribution in [0.5, 0.6) is 11.5 Å². The maximum absolute atomic E-state index is 12.7. The van der Waals surface area contributed by atoms with Gasteiger partial charge in [0.25, 0.3) is 0 Å². The fourth-order valence-corrected chi connectivity index (χ4v) is 3.89. The Morgan fingerprint density at radius 1 is 1.07 bits per heavy atom. The van der Waals surface area contributed by atoms with E-state index in [2.05, 4.69) is 29.2 Å². The van der Waals surface area contributed by atoms with Crippen LogP contribution < -0.4 is 9.47 Å². The van der Waals surface area contributed by atoms with Gasteiger partial charge in [-0.25, -0.2) is 0 Å². The van der Waals surface area contributed by atoms with E-state index < -0.39 is 0 Å². The first kappa shape index (κ1) is 20.2. The van der Waals surface area contributed by atoms with Gasteiger partial charge in [0.15, 0.2) is 11.5 Å². The molecule has 1 atom stereocenters. The molecule has 5 heteroatoms. The van der Waals surface area contributed by atoms with Gasteiger partial charge in [0, 0.05) is 19.6 Å². The number of fused-ring (bicyclic) bond motifs is 1. The van der Waals surface area contributed by atoms with E-state index >= 15 is 0 Å². The van der Waals surface area contributed by atoms with Crippen molar-refractivity contribution in [2.45, 2.75) is 25.3 Å². The molecule has 2 aromatic carbocycles. The minimum absolute atomic E-state index is 0.146. The molecule has 3 rings (SSSR count). The molecule has 0 N–H and O–H groups in total. The summed E-state index contributed by atoms with van der Waals surface area (Å²) in [5.41, 5.74) is 3.90. The summed E-state index contributed by atoms with van der Waals surface area (Å²) in [7, 11) is 7.18. The summed E-state index contributed by atoms with van der Waals surface area (Å²) in [5.74, 6) is 1.58. The zero-order valence-corrected chi connectivity index (χ0v) is 17.3. The fraction of sp³-hybridized carbons (Fsp3) is 0.435. The van der Waals surface area contributed by atoms with Crippen molar-refractivity contribution in [3.63, 3.8) is 0 Å². The smallest absolute Gasteiger partial charge is 0.236 e. The third-order valence-electron chi connectivity index (χ3n) is 5.63. The molecular weight excluding hydrogens is 352 g/mol. The predicted molar refractivity (Wildman–Crippen MR) is 111 cm³/mol. The minimum Gasteiger partial charge on any atom is -0.493 e. The summed E-state index contributed by atoms with van der Waals surface area (Å²) in [6.45, 7) is 1.10. The van der Waals surface area contributed by atoms with Gasteiger partial charge in [-0.15, -0.1) is 0 Å². The van der Waals surface area contributed by atoms with E-state index in [0.29, 0.717) is 30.6 Å². The van der Waals surface area contributed by atoms with Gasteiger partial charge in [-0.05, 0) is 55.1 Å². The number of aryl methyl sites for hydroxylation is 1. The molecule has 0 fully saturated rings. The lowest BCUT2D eigenvalue weighted by molar-refractivity contribution is -0.131. The molecule has 0 aromatic heterocycles. The number of carbonyl (C=O) groups excluding carboxylic acids is 1. The average molecular weight is 383 g/mol. The molecular formula is C23H30N2O3. The maximum Gasteiger partial charge on any atom is 0.236 e. The van der Waals surface area contributed by atoms with Gasteiger partial charge < -0.3 is 14.4 Å². The van der Waals surface area contributed by atoms with Crippen LogP contribution in [-0.2, 0) is 17.6 Å². The monoisotopic (exact) mass is 382 g/mol. The van der Waals surface area contributed by atoms with E-state index in [4.69, 9.17) is 9.47 Å². The van der Waals surface area contributed by atoms with Crippen molar-refractivity contribution in [3.8, 4) is 11.5 Å². The predicted octanol–water partition coefficient (Wildman–Crippen LogP) is 3.32. The lowest BCUT2D eigenvalue weighted by atomic mass is 10.1. The molecule has 0 saturated carbocycles. The van der Waals surface area contributed by atoms with Crippen LogP contribution in [0.2, 0.25) is 0 Å². The van der Waals surface area contributed by atoms with E-state index in [9.17, 15) is 4.79 Å². The van der Waals surface area contributed by atoms with Gasteiger partial charge in [0.1, 0.15) is 0 Å². The largest absolute Gasteiger partial charge is 0.493 e. The van der Waals surface area contributed by atoms with Crippen LogP contribution in [0.1, 0.15) is 29.2 Å². The second kappa shape index (κ2) is 9.11. The number of likely N-dealkylation sites (N-methyl/N-ethyl adjacent to an activating group) is 2. The highest BCUT2D eigenvalue weighted by Gasteiger charge is 2.27. The third-order valence-corrected chi connectivity index (χ3v) is 5.63. The zero-order chi connectivity index (χ0) is 20.1. The Bertz CT molecular complexity index is 821. The molecule has 5 nitrogen and oxygen atoms in total. The van der Waals surface area contributed by atoms with Gasteiger partial charge in [0.2, 0.25) is 5.91 Å². The van der Waals surface area contributed by atoms with Crippen molar-refractivity contribution >= 4 is 5.91 Å². The Labute approximate surface area is 167 Å². The molecule has 1 aliphatic rings. The topological polar surface area (TPSA) is 42.0 Å². The van der Waals surface area contributed by atoms with E-state index in [1.165, 1.54) is 11.1 Å². The molecule has 2 aromatic rings. The van der Waals surface area contributed by atoms with Gasteiger partial charge in [-0.3, -0.25) is 9.69 Å². The van der Waals surface area contributed by atoms with Crippen LogP contribution in [0.25, 0.3) is 0 Å². The first-order chi connectivity index (χ1) is 13.5. The van der Waals surface area contributed by atoms with Crippen molar-refractivity contribution in [1.29, 1.82) is 0 Å². The normalized spacial score (nSPS) is 15.4. The molecule has 0 spiro atoms. The number of ether oxygens (including phenoxy) is 2. The SMILES string of the molecule is COc1ccc(CCN(C)C(=O)CN(C)[C@H]2CCc3ccccc32)cc1OC. The highest BCUT2D eigenvalue weighted by atomic mass is 16.5.